The van der Waals surface area contributed by atoms with Gasteiger partial charge in [0.15, 0.2) is 0 Å². The Kier molecular flexibility index (Phi) is 7.35. The predicted octanol–water partition coefficient (Wildman–Crippen LogP) is 2.63. The van der Waals surface area contributed by atoms with E-state index in [4.69, 9.17) is 4.74 Å². The summed E-state index contributed by atoms with van der Waals surface area (Å²) in [5, 5.41) is 0. The van der Waals surface area contributed by atoms with E-state index in [1.165, 1.54) is 18.2 Å². The molecule has 1 amide bonds. The van der Waals surface area contributed by atoms with Gasteiger partial charge in [0.05, 0.1) is 18.9 Å². The first kappa shape index (κ1) is 21.4. The Hall–Kier alpha value is -2.29. The number of carbonyl (C=O) groups is 1. The van der Waals surface area contributed by atoms with Crippen LogP contribution in [0.25, 0.3) is 0 Å². The predicted molar refractivity (Wildman–Crippen MR) is 108 cm³/mol. The van der Waals surface area contributed by atoms with Crippen LogP contribution >= 0.6 is 0 Å². The fourth-order valence-electron chi connectivity index (χ4n) is 3.27. The third-order valence-corrected chi connectivity index (χ3v) is 6.08. The maximum Gasteiger partial charge on any atom is 0.222 e. The summed E-state index contributed by atoms with van der Waals surface area (Å²) in [6.45, 7) is 1.67. The average Bonchev–Trinajstić information content (AvgIpc) is 2.71. The maximum absolute atomic E-state index is 13.2. The van der Waals surface area contributed by atoms with E-state index in [9.17, 15) is 17.6 Å². The van der Waals surface area contributed by atoms with E-state index < -0.39 is 15.8 Å². The average molecular weight is 421 g/mol. The molecule has 0 aromatic heterocycles. The largest absolute Gasteiger partial charge is 0.370 e. The van der Waals surface area contributed by atoms with Crippen molar-refractivity contribution in [3.8, 4) is 0 Å². The van der Waals surface area contributed by atoms with Crippen molar-refractivity contribution in [2.75, 3.05) is 26.2 Å². The van der Waals surface area contributed by atoms with Gasteiger partial charge in [0.1, 0.15) is 11.9 Å². The lowest BCUT2D eigenvalue weighted by Crippen LogP contribution is -2.42. The van der Waals surface area contributed by atoms with Gasteiger partial charge in [0, 0.05) is 19.5 Å². The molecule has 0 bridgehead atoms. The Bertz CT molecular complexity index is 921. The molecule has 3 rings (SSSR count). The lowest BCUT2D eigenvalue weighted by molar-refractivity contribution is -0.139. The van der Waals surface area contributed by atoms with E-state index in [1.54, 1.807) is 11.0 Å². The summed E-state index contributed by atoms with van der Waals surface area (Å²) in [6, 6.07) is 15.3. The second-order valence-electron chi connectivity index (χ2n) is 7.00. The van der Waals surface area contributed by atoms with E-state index in [0.29, 0.717) is 31.7 Å². The molecule has 2 aromatic rings. The second kappa shape index (κ2) is 9.96. The number of carbonyl (C=O) groups excluding carboxylic acids is 1. The normalized spacial score (nSPS) is 17.3. The quantitative estimate of drug-likeness (QED) is 0.666. The first-order valence-corrected chi connectivity index (χ1v) is 11.2. The van der Waals surface area contributed by atoms with Gasteiger partial charge in [-0.2, -0.15) is 0 Å². The van der Waals surface area contributed by atoms with Crippen LogP contribution in [-0.2, 0) is 25.3 Å². The van der Waals surface area contributed by atoms with Crippen LogP contribution in [0.3, 0.4) is 0 Å². The standard InChI is InChI=1S/C21H25FN2O4S/c22-19-9-4-6-17(14-19)16-29(26,27)23-11-5-10-21(25)24-12-13-28-20(15-24)18-7-2-1-3-8-18/h1-4,6-9,14,20,23H,5,10-13,15-16H2. The van der Waals surface area contributed by atoms with Crippen molar-refractivity contribution < 1.29 is 22.3 Å². The molecule has 1 N–H and O–H groups in total. The van der Waals surface area contributed by atoms with Crippen molar-refractivity contribution in [2.24, 2.45) is 0 Å². The SMILES string of the molecule is O=C(CCCNS(=O)(=O)Cc1cccc(F)c1)N1CCOC(c2ccccc2)C1. The van der Waals surface area contributed by atoms with Crippen LogP contribution in [0.5, 0.6) is 0 Å². The van der Waals surface area contributed by atoms with Gasteiger partial charge in [-0.15, -0.1) is 0 Å². The lowest BCUT2D eigenvalue weighted by Gasteiger charge is -2.33. The molecule has 0 radical (unpaired) electrons. The summed E-state index contributed by atoms with van der Waals surface area (Å²) < 4.78 is 45.7. The van der Waals surface area contributed by atoms with Gasteiger partial charge in [-0.25, -0.2) is 17.5 Å². The number of nitrogens with one attached hydrogen (secondary N) is 1. The van der Waals surface area contributed by atoms with E-state index in [0.717, 1.165) is 5.56 Å². The number of halogens is 1. The van der Waals surface area contributed by atoms with E-state index >= 15 is 0 Å². The van der Waals surface area contributed by atoms with Crippen LogP contribution in [0.2, 0.25) is 0 Å². The minimum Gasteiger partial charge on any atom is -0.370 e. The van der Waals surface area contributed by atoms with E-state index in [2.05, 4.69) is 4.72 Å². The zero-order valence-corrected chi connectivity index (χ0v) is 16.9. The Morgan fingerprint density at radius 3 is 2.72 bits per heavy atom. The molecule has 0 spiro atoms. The van der Waals surface area contributed by atoms with E-state index in [1.807, 2.05) is 30.3 Å². The van der Waals surface area contributed by atoms with Crippen molar-refractivity contribution >= 4 is 15.9 Å². The summed E-state index contributed by atoms with van der Waals surface area (Å²) in [5.41, 5.74) is 1.42. The number of morpholine rings is 1. The number of amides is 1. The molecule has 1 heterocycles. The highest BCUT2D eigenvalue weighted by Gasteiger charge is 2.25. The summed E-state index contributed by atoms with van der Waals surface area (Å²) >= 11 is 0. The van der Waals surface area contributed by atoms with Gasteiger partial charge in [-0.3, -0.25) is 4.79 Å². The maximum atomic E-state index is 13.2. The third kappa shape index (κ3) is 6.62. The minimum absolute atomic E-state index is 0.0152. The van der Waals surface area contributed by atoms with Crippen LogP contribution in [0.15, 0.2) is 54.6 Å². The fraction of sp³-hybridized carbons (Fsp3) is 0.381. The molecular weight excluding hydrogens is 395 g/mol. The molecule has 0 aliphatic carbocycles. The van der Waals surface area contributed by atoms with Gasteiger partial charge in [0.25, 0.3) is 0 Å². The first-order chi connectivity index (χ1) is 13.9. The molecule has 2 aromatic carbocycles. The fourth-order valence-corrected chi connectivity index (χ4v) is 4.44. The zero-order valence-electron chi connectivity index (χ0n) is 16.1. The van der Waals surface area contributed by atoms with Crippen LogP contribution in [-0.4, -0.2) is 45.5 Å². The van der Waals surface area contributed by atoms with Crippen molar-refractivity contribution in [1.29, 1.82) is 0 Å². The van der Waals surface area contributed by atoms with Crippen molar-refractivity contribution in [3.63, 3.8) is 0 Å². The molecule has 0 saturated carbocycles. The highest BCUT2D eigenvalue weighted by atomic mass is 32.2. The number of sulfonamides is 1. The van der Waals surface area contributed by atoms with Crippen molar-refractivity contribution in [1.82, 2.24) is 9.62 Å². The molecule has 1 fully saturated rings. The lowest BCUT2D eigenvalue weighted by atomic mass is 10.1. The molecular formula is C21H25FN2O4S. The van der Waals surface area contributed by atoms with Gasteiger partial charge < -0.3 is 9.64 Å². The number of hydrogen-bond donors (Lipinski definition) is 1. The molecule has 1 aliphatic rings. The molecule has 1 atom stereocenters. The highest BCUT2D eigenvalue weighted by molar-refractivity contribution is 7.88. The summed E-state index contributed by atoms with van der Waals surface area (Å²) in [7, 11) is -3.58. The highest BCUT2D eigenvalue weighted by Crippen LogP contribution is 2.22. The first-order valence-electron chi connectivity index (χ1n) is 9.59. The number of rotatable bonds is 8. The second-order valence-corrected chi connectivity index (χ2v) is 8.80. The number of ether oxygens (including phenoxy) is 1. The molecule has 8 heteroatoms. The molecule has 1 aliphatic heterocycles. The molecule has 1 unspecified atom stereocenters. The minimum atomic E-state index is -3.58. The number of benzene rings is 2. The smallest absolute Gasteiger partial charge is 0.222 e. The monoisotopic (exact) mass is 420 g/mol. The van der Waals surface area contributed by atoms with Gasteiger partial charge in [-0.05, 0) is 29.7 Å². The summed E-state index contributed by atoms with van der Waals surface area (Å²) in [4.78, 5) is 14.2. The van der Waals surface area contributed by atoms with Crippen molar-refractivity contribution in [3.05, 3.63) is 71.5 Å². The number of hydrogen-bond acceptors (Lipinski definition) is 4. The molecule has 156 valence electrons. The third-order valence-electron chi connectivity index (χ3n) is 4.73. The molecule has 1 saturated heterocycles. The Labute approximate surface area is 170 Å². The Balaban J connectivity index is 1.42. The summed E-state index contributed by atoms with van der Waals surface area (Å²) in [5.74, 6) is -0.776. The van der Waals surface area contributed by atoms with Crippen LogP contribution in [0.1, 0.15) is 30.1 Å². The van der Waals surface area contributed by atoms with Crippen molar-refractivity contribution in [2.45, 2.75) is 24.7 Å². The number of nitrogens with zero attached hydrogens (tertiary/aromatic N) is 1. The molecule has 29 heavy (non-hydrogen) atoms. The van der Waals surface area contributed by atoms with Gasteiger partial charge in [0.2, 0.25) is 15.9 Å². The van der Waals surface area contributed by atoms with Crippen LogP contribution in [0, 0.1) is 5.82 Å². The molecule has 6 nitrogen and oxygen atoms in total. The Morgan fingerprint density at radius 1 is 1.17 bits per heavy atom. The van der Waals surface area contributed by atoms with Gasteiger partial charge in [-0.1, -0.05) is 42.5 Å². The van der Waals surface area contributed by atoms with Crippen LogP contribution < -0.4 is 4.72 Å². The topological polar surface area (TPSA) is 75.7 Å². The zero-order chi connectivity index (χ0) is 20.7. The van der Waals surface area contributed by atoms with Crippen LogP contribution in [0.4, 0.5) is 4.39 Å². The van der Waals surface area contributed by atoms with E-state index in [-0.39, 0.29) is 30.7 Å². The van der Waals surface area contributed by atoms with Gasteiger partial charge >= 0.3 is 0 Å². The Morgan fingerprint density at radius 2 is 1.97 bits per heavy atom. The summed E-state index contributed by atoms with van der Waals surface area (Å²) in [6.07, 6.45) is 0.511.